The van der Waals surface area contributed by atoms with Crippen LogP contribution >= 0.6 is 0 Å². The molecule has 1 spiro atoms. The summed E-state index contributed by atoms with van der Waals surface area (Å²) in [5.41, 5.74) is 0.750. The lowest BCUT2D eigenvalue weighted by atomic mass is 9.78. The Labute approximate surface area is 172 Å². The van der Waals surface area contributed by atoms with Crippen molar-refractivity contribution in [2.75, 3.05) is 40.4 Å². The Morgan fingerprint density at radius 3 is 2.76 bits per heavy atom. The van der Waals surface area contributed by atoms with Crippen molar-refractivity contribution in [3.05, 3.63) is 42.2 Å². The second kappa shape index (κ2) is 8.45. The van der Waals surface area contributed by atoms with Gasteiger partial charge in [0, 0.05) is 44.1 Å². The number of rotatable bonds is 7. The summed E-state index contributed by atoms with van der Waals surface area (Å²) in [5, 5.41) is 4.28. The number of piperidine rings is 1. The number of aromatic nitrogens is 2. The molecule has 0 saturated carbocycles. The molecule has 29 heavy (non-hydrogen) atoms. The van der Waals surface area contributed by atoms with Gasteiger partial charge in [-0.2, -0.15) is 5.10 Å². The highest BCUT2D eigenvalue weighted by atomic mass is 16.5. The van der Waals surface area contributed by atoms with Gasteiger partial charge < -0.3 is 19.3 Å². The molecule has 7 heteroatoms. The van der Waals surface area contributed by atoms with Gasteiger partial charge in [0.15, 0.2) is 11.5 Å². The van der Waals surface area contributed by atoms with Crippen molar-refractivity contribution in [1.29, 1.82) is 0 Å². The number of amides is 1. The van der Waals surface area contributed by atoms with Gasteiger partial charge in [0.25, 0.3) is 0 Å². The fourth-order valence-corrected chi connectivity index (χ4v) is 4.79. The summed E-state index contributed by atoms with van der Waals surface area (Å²) < 4.78 is 12.9. The van der Waals surface area contributed by atoms with Gasteiger partial charge in [0.1, 0.15) is 0 Å². The predicted molar refractivity (Wildman–Crippen MR) is 110 cm³/mol. The summed E-state index contributed by atoms with van der Waals surface area (Å²) in [4.78, 5) is 17.9. The number of nitrogens with zero attached hydrogens (tertiary/aromatic N) is 4. The smallest absolute Gasteiger partial charge is 0.230 e. The molecule has 0 aliphatic carbocycles. The van der Waals surface area contributed by atoms with Crippen LogP contribution in [0.2, 0.25) is 0 Å². The quantitative estimate of drug-likeness (QED) is 0.717. The van der Waals surface area contributed by atoms with E-state index in [1.54, 1.807) is 20.4 Å². The number of hydrogen-bond acceptors (Lipinski definition) is 5. The normalized spacial score (nSPS) is 22.4. The Bertz CT molecular complexity index is 839. The van der Waals surface area contributed by atoms with E-state index < -0.39 is 0 Å². The molecule has 2 aliphatic heterocycles. The highest BCUT2D eigenvalue weighted by Gasteiger charge is 2.48. The topological polar surface area (TPSA) is 59.8 Å². The summed E-state index contributed by atoms with van der Waals surface area (Å²) in [7, 11) is 3.29. The zero-order valence-electron chi connectivity index (χ0n) is 17.3. The number of methoxy groups -OCH3 is 2. The molecule has 4 rings (SSSR count). The second-order valence-electron chi connectivity index (χ2n) is 8.06. The second-order valence-corrected chi connectivity index (χ2v) is 8.06. The van der Waals surface area contributed by atoms with Gasteiger partial charge >= 0.3 is 0 Å². The highest BCUT2D eigenvalue weighted by molar-refractivity contribution is 5.84. The molecule has 2 saturated heterocycles. The maximum atomic E-state index is 13.5. The van der Waals surface area contributed by atoms with Crippen molar-refractivity contribution in [3.63, 3.8) is 0 Å². The number of ether oxygens (including phenoxy) is 2. The molecule has 1 aromatic heterocycles. The van der Waals surface area contributed by atoms with Crippen LogP contribution in [0.5, 0.6) is 11.5 Å². The van der Waals surface area contributed by atoms with Gasteiger partial charge in [0.2, 0.25) is 5.91 Å². The molecule has 0 N–H and O–H groups in total. The minimum Gasteiger partial charge on any atom is -0.493 e. The third kappa shape index (κ3) is 3.96. The third-order valence-electron chi connectivity index (χ3n) is 6.31. The molecular formula is C22H30N4O3. The van der Waals surface area contributed by atoms with Crippen molar-refractivity contribution < 1.29 is 14.3 Å². The molecule has 0 bridgehead atoms. The van der Waals surface area contributed by atoms with Crippen LogP contribution in [-0.2, 0) is 17.9 Å². The Kier molecular flexibility index (Phi) is 5.76. The Morgan fingerprint density at radius 2 is 2.00 bits per heavy atom. The standard InChI is InChI=1S/C22H30N4O3/c1-28-19-7-3-6-18(20(19)29-2)16-25-11-4-8-22(21(25)27)9-13-24(17-22)14-15-26-12-5-10-23-26/h3,5-7,10,12H,4,8-9,11,13-17H2,1-2H3. The molecule has 1 atom stereocenters. The van der Waals surface area contributed by atoms with Gasteiger partial charge in [-0.1, -0.05) is 12.1 Å². The van der Waals surface area contributed by atoms with Gasteiger partial charge in [0.05, 0.1) is 26.2 Å². The molecule has 156 valence electrons. The van der Waals surface area contributed by atoms with E-state index in [2.05, 4.69) is 10.00 Å². The van der Waals surface area contributed by atoms with Crippen LogP contribution in [0.4, 0.5) is 0 Å². The molecule has 2 fully saturated rings. The molecule has 2 aromatic rings. The molecule has 0 radical (unpaired) electrons. The van der Waals surface area contributed by atoms with Crippen LogP contribution in [0.1, 0.15) is 24.8 Å². The zero-order chi connectivity index (χ0) is 20.3. The highest BCUT2D eigenvalue weighted by Crippen LogP contribution is 2.41. The first-order valence-corrected chi connectivity index (χ1v) is 10.3. The first kappa shape index (κ1) is 19.8. The van der Waals surface area contributed by atoms with Gasteiger partial charge in [-0.05, 0) is 37.9 Å². The monoisotopic (exact) mass is 398 g/mol. The first-order chi connectivity index (χ1) is 14.1. The number of para-hydroxylation sites is 1. The molecule has 1 amide bonds. The SMILES string of the molecule is COc1cccc(CN2CCCC3(CCN(CCn4cccn4)C3)C2=O)c1OC. The number of carbonyl (C=O) groups excluding carboxylic acids is 1. The minimum absolute atomic E-state index is 0.242. The number of hydrogen-bond donors (Lipinski definition) is 0. The number of carbonyl (C=O) groups is 1. The van der Waals surface area contributed by atoms with Crippen LogP contribution in [0, 0.1) is 5.41 Å². The van der Waals surface area contributed by atoms with Crippen LogP contribution in [0.25, 0.3) is 0 Å². The first-order valence-electron chi connectivity index (χ1n) is 10.3. The average Bonchev–Trinajstić information content (AvgIpc) is 3.40. The average molecular weight is 399 g/mol. The summed E-state index contributed by atoms with van der Waals surface area (Å²) in [6.07, 6.45) is 6.76. The summed E-state index contributed by atoms with van der Waals surface area (Å²) in [6.45, 7) is 4.98. The summed E-state index contributed by atoms with van der Waals surface area (Å²) in [5.74, 6) is 1.71. The Balaban J connectivity index is 1.43. The lowest BCUT2D eigenvalue weighted by Crippen LogP contribution is -2.49. The van der Waals surface area contributed by atoms with Crippen LogP contribution in [0.15, 0.2) is 36.7 Å². The summed E-state index contributed by atoms with van der Waals surface area (Å²) >= 11 is 0. The Hall–Kier alpha value is -2.54. The van der Waals surface area contributed by atoms with E-state index in [-0.39, 0.29) is 11.3 Å². The zero-order valence-corrected chi connectivity index (χ0v) is 17.3. The lowest BCUT2D eigenvalue weighted by molar-refractivity contribution is -0.146. The van der Waals surface area contributed by atoms with Crippen molar-refractivity contribution >= 4 is 5.91 Å². The lowest BCUT2D eigenvalue weighted by Gasteiger charge is -2.39. The molecule has 7 nitrogen and oxygen atoms in total. The van der Waals surface area contributed by atoms with E-state index in [0.717, 1.165) is 63.3 Å². The van der Waals surface area contributed by atoms with E-state index in [9.17, 15) is 4.79 Å². The molecular weight excluding hydrogens is 368 g/mol. The predicted octanol–water partition coefficient (Wildman–Crippen LogP) is 2.42. The van der Waals surface area contributed by atoms with Gasteiger partial charge in [-0.3, -0.25) is 9.48 Å². The molecule has 1 unspecified atom stereocenters. The van der Waals surface area contributed by atoms with Gasteiger partial charge in [-0.25, -0.2) is 0 Å². The number of benzene rings is 1. The van der Waals surface area contributed by atoms with Gasteiger partial charge in [-0.15, -0.1) is 0 Å². The minimum atomic E-state index is -0.242. The van der Waals surface area contributed by atoms with E-state index >= 15 is 0 Å². The Morgan fingerprint density at radius 1 is 1.10 bits per heavy atom. The van der Waals surface area contributed by atoms with E-state index in [0.29, 0.717) is 12.3 Å². The molecule has 2 aliphatic rings. The molecule has 3 heterocycles. The fourth-order valence-electron chi connectivity index (χ4n) is 4.79. The van der Waals surface area contributed by atoms with Crippen molar-refractivity contribution in [1.82, 2.24) is 19.6 Å². The van der Waals surface area contributed by atoms with Crippen LogP contribution in [0.3, 0.4) is 0 Å². The number of likely N-dealkylation sites (tertiary alicyclic amines) is 2. The van der Waals surface area contributed by atoms with Crippen molar-refractivity contribution in [2.45, 2.75) is 32.4 Å². The van der Waals surface area contributed by atoms with Crippen molar-refractivity contribution in [2.24, 2.45) is 5.41 Å². The van der Waals surface area contributed by atoms with E-state index in [1.807, 2.05) is 40.0 Å². The van der Waals surface area contributed by atoms with Crippen LogP contribution < -0.4 is 9.47 Å². The maximum Gasteiger partial charge on any atom is 0.230 e. The third-order valence-corrected chi connectivity index (χ3v) is 6.31. The maximum absolute atomic E-state index is 13.5. The fraction of sp³-hybridized carbons (Fsp3) is 0.545. The largest absolute Gasteiger partial charge is 0.493 e. The van der Waals surface area contributed by atoms with Crippen molar-refractivity contribution in [3.8, 4) is 11.5 Å². The summed E-state index contributed by atoms with van der Waals surface area (Å²) in [6, 6.07) is 7.80. The van der Waals surface area contributed by atoms with E-state index in [1.165, 1.54) is 0 Å². The van der Waals surface area contributed by atoms with Crippen LogP contribution in [-0.4, -0.2) is 65.9 Å². The van der Waals surface area contributed by atoms with E-state index in [4.69, 9.17) is 9.47 Å². The molecule has 1 aromatic carbocycles.